The van der Waals surface area contributed by atoms with E-state index in [2.05, 4.69) is 5.32 Å². The number of para-hydroxylation sites is 1. The first-order valence-corrected chi connectivity index (χ1v) is 7.23. The molecule has 0 aromatic heterocycles. The first kappa shape index (κ1) is 18.4. The first-order valence-electron chi connectivity index (χ1n) is 7.23. The molecule has 2 amide bonds. The van der Waals surface area contributed by atoms with Gasteiger partial charge in [-0.1, -0.05) is 30.3 Å². The minimum atomic E-state index is -4.98. The van der Waals surface area contributed by atoms with Crippen molar-refractivity contribution in [2.24, 2.45) is 0 Å². The number of rotatable bonds is 5. The maximum atomic E-state index is 13.1. The maximum absolute atomic E-state index is 13.1. The van der Waals surface area contributed by atoms with Gasteiger partial charge in [-0.3, -0.25) is 9.59 Å². The van der Waals surface area contributed by atoms with Crippen LogP contribution in [-0.4, -0.2) is 18.0 Å². The molecule has 0 aliphatic heterocycles. The van der Waals surface area contributed by atoms with Crippen LogP contribution in [0.4, 0.5) is 23.2 Å². The van der Waals surface area contributed by atoms with Crippen LogP contribution >= 0.6 is 0 Å². The zero-order valence-corrected chi connectivity index (χ0v) is 12.9. The lowest BCUT2D eigenvalue weighted by Crippen LogP contribution is -2.36. The molecule has 0 aliphatic rings. The van der Waals surface area contributed by atoms with E-state index in [1.807, 2.05) is 0 Å². The molecule has 0 aliphatic carbocycles. The summed E-state index contributed by atoms with van der Waals surface area (Å²) >= 11 is 0. The van der Waals surface area contributed by atoms with Gasteiger partial charge in [-0.2, -0.15) is 13.2 Å². The lowest BCUT2D eigenvalue weighted by atomic mass is 10.1. The normalized spacial score (nSPS) is 11.0. The Balaban J connectivity index is 2.02. The molecule has 0 unspecified atom stereocenters. The summed E-state index contributed by atoms with van der Waals surface area (Å²) in [5.74, 6) is -2.99. The molecule has 25 heavy (non-hydrogen) atoms. The van der Waals surface area contributed by atoms with Gasteiger partial charge in [0.05, 0.1) is 6.42 Å². The average molecular weight is 354 g/mol. The summed E-state index contributed by atoms with van der Waals surface area (Å²) in [4.78, 5) is 22.9. The van der Waals surface area contributed by atoms with Crippen molar-refractivity contribution in [1.29, 1.82) is 0 Å². The molecule has 0 spiro atoms. The van der Waals surface area contributed by atoms with Crippen LogP contribution in [0, 0.1) is 5.82 Å². The van der Waals surface area contributed by atoms with Crippen LogP contribution in [0.25, 0.3) is 0 Å². The molecule has 132 valence electrons. The lowest BCUT2D eigenvalue weighted by molar-refractivity contribution is -0.173. The third kappa shape index (κ3) is 5.59. The zero-order chi connectivity index (χ0) is 18.4. The van der Waals surface area contributed by atoms with Gasteiger partial charge in [-0.25, -0.2) is 4.39 Å². The molecular weight excluding hydrogens is 340 g/mol. The Bertz CT molecular complexity index is 775. The minimum Gasteiger partial charge on any atom is -0.344 e. The van der Waals surface area contributed by atoms with E-state index < -0.39 is 30.4 Å². The second kappa shape index (κ2) is 7.78. The highest BCUT2D eigenvalue weighted by atomic mass is 19.4. The molecule has 0 saturated heterocycles. The monoisotopic (exact) mass is 354 g/mol. The molecule has 0 radical (unpaired) electrons. The maximum Gasteiger partial charge on any atom is 0.471 e. The van der Waals surface area contributed by atoms with Crippen LogP contribution in [0.5, 0.6) is 0 Å². The van der Waals surface area contributed by atoms with Gasteiger partial charge < -0.3 is 10.6 Å². The fraction of sp³-hybridized carbons (Fsp3) is 0.176. The van der Waals surface area contributed by atoms with Crippen LogP contribution in [0.1, 0.15) is 11.1 Å². The van der Waals surface area contributed by atoms with E-state index in [4.69, 9.17) is 0 Å². The Hall–Kier alpha value is -2.90. The number of hydrogen-bond donors (Lipinski definition) is 2. The Morgan fingerprint density at radius 3 is 2.40 bits per heavy atom. The van der Waals surface area contributed by atoms with E-state index in [9.17, 15) is 27.2 Å². The van der Waals surface area contributed by atoms with Gasteiger partial charge in [-0.05, 0) is 29.3 Å². The Kier molecular flexibility index (Phi) is 5.74. The molecule has 2 rings (SSSR count). The van der Waals surface area contributed by atoms with E-state index in [1.165, 1.54) is 30.3 Å². The Labute approximate surface area is 140 Å². The van der Waals surface area contributed by atoms with E-state index in [-0.39, 0.29) is 12.1 Å². The fourth-order valence-corrected chi connectivity index (χ4v) is 2.10. The van der Waals surface area contributed by atoms with Gasteiger partial charge in [0.25, 0.3) is 0 Å². The summed E-state index contributed by atoms with van der Waals surface area (Å²) < 4.78 is 49.8. The number of benzene rings is 2. The Morgan fingerprint density at radius 2 is 1.72 bits per heavy atom. The number of alkyl halides is 3. The molecule has 0 saturated carbocycles. The molecule has 2 N–H and O–H groups in total. The highest BCUT2D eigenvalue weighted by Gasteiger charge is 2.38. The van der Waals surface area contributed by atoms with Gasteiger partial charge in [0.1, 0.15) is 5.82 Å². The number of nitrogens with one attached hydrogen (secondary N) is 2. The van der Waals surface area contributed by atoms with Gasteiger partial charge in [0.2, 0.25) is 5.91 Å². The zero-order valence-electron chi connectivity index (χ0n) is 12.9. The summed E-state index contributed by atoms with van der Waals surface area (Å²) in [6.07, 6.45) is -5.07. The molecule has 0 heterocycles. The fourth-order valence-electron chi connectivity index (χ4n) is 2.10. The molecule has 0 bridgehead atoms. The summed E-state index contributed by atoms with van der Waals surface area (Å²) in [6.45, 7) is -0.394. The summed E-state index contributed by atoms with van der Waals surface area (Å²) in [6, 6.07) is 11.7. The van der Waals surface area contributed by atoms with Crippen molar-refractivity contribution in [3.63, 3.8) is 0 Å². The largest absolute Gasteiger partial charge is 0.471 e. The van der Waals surface area contributed by atoms with E-state index in [0.29, 0.717) is 11.1 Å². The third-order valence-electron chi connectivity index (χ3n) is 3.24. The number of carbonyl (C=O) groups is 2. The van der Waals surface area contributed by atoms with Crippen LogP contribution in [0.2, 0.25) is 0 Å². The van der Waals surface area contributed by atoms with Gasteiger partial charge >= 0.3 is 12.1 Å². The van der Waals surface area contributed by atoms with Gasteiger partial charge in [0.15, 0.2) is 0 Å². The van der Waals surface area contributed by atoms with Gasteiger partial charge in [0, 0.05) is 12.2 Å². The standard InChI is InChI=1S/C17H14F4N2O2/c18-13-6-3-4-11(8-13)9-15(24)23-14-7-2-1-5-12(14)10-22-16(25)17(19,20)21/h1-8H,9-10H2,(H,22,25)(H,23,24). The SMILES string of the molecule is O=C(Cc1cccc(F)c1)Nc1ccccc1CNC(=O)C(F)(F)F. The predicted molar refractivity (Wildman–Crippen MR) is 83.1 cm³/mol. The topological polar surface area (TPSA) is 58.2 Å². The van der Waals surface area contributed by atoms with Crippen LogP contribution in [-0.2, 0) is 22.6 Å². The van der Waals surface area contributed by atoms with E-state index in [1.54, 1.807) is 23.5 Å². The Morgan fingerprint density at radius 1 is 1.00 bits per heavy atom. The number of hydrogen-bond acceptors (Lipinski definition) is 2. The summed E-state index contributed by atoms with van der Waals surface area (Å²) in [5, 5.41) is 4.29. The smallest absolute Gasteiger partial charge is 0.344 e. The van der Waals surface area contributed by atoms with Crippen molar-refractivity contribution in [1.82, 2.24) is 5.32 Å². The number of halogens is 4. The number of carbonyl (C=O) groups excluding carboxylic acids is 2. The molecule has 8 heteroatoms. The molecule has 0 atom stereocenters. The number of anilines is 1. The number of amides is 2. The predicted octanol–water partition coefficient (Wildman–Crippen LogP) is 3.19. The van der Waals surface area contributed by atoms with Gasteiger partial charge in [-0.15, -0.1) is 0 Å². The highest BCUT2D eigenvalue weighted by molar-refractivity contribution is 5.93. The molecule has 4 nitrogen and oxygen atoms in total. The molecule has 0 fully saturated rings. The van der Waals surface area contributed by atoms with Crippen LogP contribution < -0.4 is 10.6 Å². The first-order chi connectivity index (χ1) is 11.8. The quantitative estimate of drug-likeness (QED) is 0.811. The second-order valence-electron chi connectivity index (χ2n) is 5.19. The lowest BCUT2D eigenvalue weighted by Gasteiger charge is -2.13. The third-order valence-corrected chi connectivity index (χ3v) is 3.24. The molecular formula is C17H14F4N2O2. The van der Waals surface area contributed by atoms with Crippen LogP contribution in [0.3, 0.4) is 0 Å². The van der Waals surface area contributed by atoms with Crippen molar-refractivity contribution in [2.75, 3.05) is 5.32 Å². The summed E-state index contributed by atoms with van der Waals surface area (Å²) in [7, 11) is 0. The highest BCUT2D eigenvalue weighted by Crippen LogP contribution is 2.18. The molecule has 2 aromatic carbocycles. The minimum absolute atomic E-state index is 0.0962. The van der Waals surface area contributed by atoms with Crippen molar-refractivity contribution < 1.29 is 27.2 Å². The summed E-state index contributed by atoms with van der Waals surface area (Å²) in [5.41, 5.74) is 1.04. The van der Waals surface area contributed by atoms with Crippen LogP contribution in [0.15, 0.2) is 48.5 Å². The molecule has 2 aromatic rings. The van der Waals surface area contributed by atoms with E-state index in [0.717, 1.165) is 0 Å². The van der Waals surface area contributed by atoms with Crippen molar-refractivity contribution >= 4 is 17.5 Å². The second-order valence-corrected chi connectivity index (χ2v) is 5.19. The van der Waals surface area contributed by atoms with Crippen molar-refractivity contribution in [3.05, 3.63) is 65.5 Å². The van der Waals surface area contributed by atoms with Crippen molar-refractivity contribution in [3.8, 4) is 0 Å². The van der Waals surface area contributed by atoms with E-state index >= 15 is 0 Å². The van der Waals surface area contributed by atoms with Crippen molar-refractivity contribution in [2.45, 2.75) is 19.1 Å². The average Bonchev–Trinajstić information content (AvgIpc) is 2.52.